The lowest BCUT2D eigenvalue weighted by atomic mass is 10.1. The number of likely N-dealkylation sites (tertiary alicyclic amines) is 1. The molecule has 0 aromatic heterocycles. The Hall–Kier alpha value is -0.700. The summed E-state index contributed by atoms with van der Waals surface area (Å²) in [6.07, 6.45) is 0.149. The van der Waals surface area contributed by atoms with Crippen molar-refractivity contribution in [3.05, 3.63) is 0 Å². The third kappa shape index (κ3) is 1.64. The van der Waals surface area contributed by atoms with Crippen LogP contribution in [0.5, 0.6) is 0 Å². The molecular weight excluding hydrogens is 130 g/mol. The molecule has 0 amide bonds. The number of nitrogens with zero attached hydrogens (tertiary/aromatic N) is 1. The van der Waals surface area contributed by atoms with Crippen molar-refractivity contribution in [2.75, 3.05) is 19.6 Å². The third-order valence-electron chi connectivity index (χ3n) is 1.64. The SMILES string of the molecule is CCN1CC(=O)CC(=O)C1. The number of hydrogen-bond donors (Lipinski definition) is 0. The van der Waals surface area contributed by atoms with Gasteiger partial charge in [-0.1, -0.05) is 6.92 Å². The van der Waals surface area contributed by atoms with Crippen LogP contribution in [0.15, 0.2) is 0 Å². The molecule has 1 fully saturated rings. The van der Waals surface area contributed by atoms with Crippen molar-refractivity contribution in [3.63, 3.8) is 0 Å². The van der Waals surface area contributed by atoms with Gasteiger partial charge in [0.2, 0.25) is 0 Å². The van der Waals surface area contributed by atoms with Gasteiger partial charge in [-0.3, -0.25) is 14.5 Å². The van der Waals surface area contributed by atoms with Gasteiger partial charge in [-0.15, -0.1) is 0 Å². The molecule has 0 radical (unpaired) electrons. The Kier molecular flexibility index (Phi) is 2.17. The van der Waals surface area contributed by atoms with Crippen molar-refractivity contribution in [2.24, 2.45) is 0 Å². The molecule has 0 aliphatic carbocycles. The molecule has 0 saturated carbocycles. The number of carbonyl (C=O) groups is 2. The van der Waals surface area contributed by atoms with E-state index in [1.165, 1.54) is 0 Å². The highest BCUT2D eigenvalue weighted by molar-refractivity contribution is 6.02. The van der Waals surface area contributed by atoms with Crippen molar-refractivity contribution in [1.29, 1.82) is 0 Å². The molecule has 3 heteroatoms. The van der Waals surface area contributed by atoms with Crippen LogP contribution in [0.4, 0.5) is 0 Å². The van der Waals surface area contributed by atoms with E-state index in [-0.39, 0.29) is 18.0 Å². The normalized spacial score (nSPS) is 21.7. The van der Waals surface area contributed by atoms with Crippen LogP contribution in [0, 0.1) is 0 Å². The van der Waals surface area contributed by atoms with Crippen molar-refractivity contribution in [3.8, 4) is 0 Å². The van der Waals surface area contributed by atoms with E-state index in [0.29, 0.717) is 13.1 Å². The highest BCUT2D eigenvalue weighted by Gasteiger charge is 2.21. The van der Waals surface area contributed by atoms with E-state index in [9.17, 15) is 9.59 Å². The van der Waals surface area contributed by atoms with E-state index < -0.39 is 0 Å². The molecule has 0 spiro atoms. The van der Waals surface area contributed by atoms with Crippen molar-refractivity contribution in [2.45, 2.75) is 13.3 Å². The first-order valence-electron chi connectivity index (χ1n) is 3.48. The number of likely N-dealkylation sites (N-methyl/N-ethyl adjacent to an activating group) is 1. The van der Waals surface area contributed by atoms with Crippen LogP contribution in [0.25, 0.3) is 0 Å². The summed E-state index contributed by atoms with van der Waals surface area (Å²) in [5.74, 6) is 0.108. The van der Waals surface area contributed by atoms with Crippen LogP contribution in [0.1, 0.15) is 13.3 Å². The number of piperidine rings is 1. The lowest BCUT2D eigenvalue weighted by Gasteiger charge is -2.22. The van der Waals surface area contributed by atoms with Gasteiger partial charge >= 0.3 is 0 Å². The first-order chi connectivity index (χ1) is 4.72. The average Bonchev–Trinajstić information content (AvgIpc) is 1.85. The fourth-order valence-electron chi connectivity index (χ4n) is 1.11. The Morgan fingerprint density at radius 1 is 1.30 bits per heavy atom. The quantitative estimate of drug-likeness (QED) is 0.476. The van der Waals surface area contributed by atoms with Gasteiger partial charge in [0.15, 0.2) is 11.6 Å². The van der Waals surface area contributed by atoms with Crippen LogP contribution >= 0.6 is 0 Å². The fourth-order valence-corrected chi connectivity index (χ4v) is 1.11. The Balaban J connectivity index is 2.50. The maximum absolute atomic E-state index is 10.8. The molecule has 0 unspecified atom stereocenters. The lowest BCUT2D eigenvalue weighted by Crippen LogP contribution is -2.40. The van der Waals surface area contributed by atoms with Gasteiger partial charge in [0.05, 0.1) is 19.5 Å². The third-order valence-corrected chi connectivity index (χ3v) is 1.64. The summed E-state index contributed by atoms with van der Waals surface area (Å²) < 4.78 is 0. The standard InChI is InChI=1S/C7H11NO2/c1-2-8-4-6(9)3-7(10)5-8/h2-5H2,1H3. The van der Waals surface area contributed by atoms with E-state index in [0.717, 1.165) is 6.54 Å². The second-order valence-corrected chi connectivity index (χ2v) is 2.56. The molecule has 1 heterocycles. The number of rotatable bonds is 1. The minimum absolute atomic E-state index is 0.0538. The molecule has 1 rings (SSSR count). The molecule has 1 aliphatic heterocycles. The van der Waals surface area contributed by atoms with Gasteiger partial charge in [0, 0.05) is 0 Å². The van der Waals surface area contributed by atoms with Crippen LogP contribution < -0.4 is 0 Å². The van der Waals surface area contributed by atoms with Gasteiger partial charge in [-0.05, 0) is 6.54 Å². The van der Waals surface area contributed by atoms with Gasteiger partial charge in [0.1, 0.15) is 0 Å². The minimum Gasteiger partial charge on any atom is -0.298 e. The maximum atomic E-state index is 10.8. The van der Waals surface area contributed by atoms with Crippen molar-refractivity contribution < 1.29 is 9.59 Å². The monoisotopic (exact) mass is 141 g/mol. The van der Waals surface area contributed by atoms with Gasteiger partial charge < -0.3 is 0 Å². The smallest absolute Gasteiger partial charge is 0.154 e. The average molecular weight is 141 g/mol. The number of ketones is 2. The lowest BCUT2D eigenvalue weighted by molar-refractivity contribution is -0.132. The zero-order chi connectivity index (χ0) is 7.56. The molecule has 0 N–H and O–H groups in total. The van der Waals surface area contributed by atoms with Crippen LogP contribution in [-0.2, 0) is 9.59 Å². The molecule has 0 aromatic rings. The predicted molar refractivity (Wildman–Crippen MR) is 36.7 cm³/mol. The van der Waals surface area contributed by atoms with Crippen molar-refractivity contribution >= 4 is 11.6 Å². The molecule has 56 valence electrons. The van der Waals surface area contributed by atoms with E-state index in [1.807, 2.05) is 11.8 Å². The zero-order valence-electron chi connectivity index (χ0n) is 6.09. The molecule has 3 nitrogen and oxygen atoms in total. The van der Waals surface area contributed by atoms with Crippen LogP contribution in [0.2, 0.25) is 0 Å². The topological polar surface area (TPSA) is 37.4 Å². The summed E-state index contributed by atoms with van der Waals surface area (Å²) in [5, 5.41) is 0. The van der Waals surface area contributed by atoms with E-state index in [2.05, 4.69) is 0 Å². The first-order valence-corrected chi connectivity index (χ1v) is 3.48. The predicted octanol–water partition coefficient (Wildman–Crippen LogP) is -0.150. The first kappa shape index (κ1) is 7.41. The van der Waals surface area contributed by atoms with Crippen LogP contribution in [0.3, 0.4) is 0 Å². The molecule has 10 heavy (non-hydrogen) atoms. The van der Waals surface area contributed by atoms with Crippen molar-refractivity contribution in [1.82, 2.24) is 4.90 Å². The number of hydrogen-bond acceptors (Lipinski definition) is 3. The molecular formula is C7H11NO2. The summed E-state index contributed by atoms with van der Waals surface area (Å²) in [7, 11) is 0. The van der Waals surface area contributed by atoms with E-state index >= 15 is 0 Å². The second kappa shape index (κ2) is 2.92. The summed E-state index contributed by atoms with van der Waals surface area (Å²) in [6.45, 7) is 3.66. The molecule has 0 bridgehead atoms. The van der Waals surface area contributed by atoms with Gasteiger partial charge in [-0.2, -0.15) is 0 Å². The largest absolute Gasteiger partial charge is 0.298 e. The summed E-state index contributed by atoms with van der Waals surface area (Å²) in [5.41, 5.74) is 0. The molecule has 1 saturated heterocycles. The highest BCUT2D eigenvalue weighted by atomic mass is 16.2. The maximum Gasteiger partial charge on any atom is 0.154 e. The number of carbonyl (C=O) groups excluding carboxylic acids is 2. The highest BCUT2D eigenvalue weighted by Crippen LogP contribution is 2.00. The summed E-state index contributed by atoms with van der Waals surface area (Å²) in [4.78, 5) is 23.4. The van der Waals surface area contributed by atoms with Gasteiger partial charge in [-0.25, -0.2) is 0 Å². The summed E-state index contributed by atoms with van der Waals surface area (Å²) in [6, 6.07) is 0. The minimum atomic E-state index is 0.0538. The Labute approximate surface area is 60.0 Å². The van der Waals surface area contributed by atoms with Gasteiger partial charge in [0.25, 0.3) is 0 Å². The summed E-state index contributed by atoms with van der Waals surface area (Å²) >= 11 is 0. The molecule has 0 atom stereocenters. The van der Waals surface area contributed by atoms with E-state index in [1.54, 1.807) is 0 Å². The Morgan fingerprint density at radius 3 is 2.20 bits per heavy atom. The van der Waals surface area contributed by atoms with E-state index in [4.69, 9.17) is 0 Å². The zero-order valence-corrected chi connectivity index (χ0v) is 6.09. The Bertz CT molecular complexity index is 149. The number of Topliss-reactive ketones (excluding diaryl/α,β-unsaturated/α-hetero) is 2. The molecule has 1 aliphatic rings. The Morgan fingerprint density at radius 2 is 1.80 bits per heavy atom. The fraction of sp³-hybridized carbons (Fsp3) is 0.714. The second-order valence-electron chi connectivity index (χ2n) is 2.56. The molecule has 0 aromatic carbocycles. The van der Waals surface area contributed by atoms with Crippen LogP contribution in [-0.4, -0.2) is 36.1 Å².